The molecule has 0 saturated heterocycles. The molecule has 4 rings (SSSR count). The van der Waals surface area contributed by atoms with Gasteiger partial charge in [-0.05, 0) is 48.6 Å². The minimum absolute atomic E-state index is 0.110. The number of carbonyl (C=O) groups is 4. The summed E-state index contributed by atoms with van der Waals surface area (Å²) in [6.45, 7) is 2.64. The second-order valence-electron chi connectivity index (χ2n) is 8.07. The van der Waals surface area contributed by atoms with Crippen molar-refractivity contribution < 1.29 is 19.2 Å². The van der Waals surface area contributed by atoms with E-state index >= 15 is 0 Å². The van der Waals surface area contributed by atoms with Crippen molar-refractivity contribution in [2.75, 3.05) is 18.4 Å². The van der Waals surface area contributed by atoms with Crippen LogP contribution in [-0.4, -0.2) is 41.6 Å². The number of hydrogen-bond donors (Lipinski definition) is 2. The van der Waals surface area contributed by atoms with Gasteiger partial charge in [0.05, 0.1) is 10.6 Å². The number of hydrogen-bond acceptors (Lipinski definition) is 4. The third-order valence-corrected chi connectivity index (χ3v) is 5.99. The lowest BCUT2D eigenvalue weighted by molar-refractivity contribution is -0.116. The Kier molecular flexibility index (Phi) is 6.93. The molecule has 1 aliphatic heterocycles. The predicted molar refractivity (Wildman–Crippen MR) is 131 cm³/mol. The zero-order valence-corrected chi connectivity index (χ0v) is 19.4. The van der Waals surface area contributed by atoms with Crippen LogP contribution in [0, 0.1) is 0 Å². The molecule has 7 nitrogen and oxygen atoms in total. The topological polar surface area (TPSA) is 95.6 Å². The van der Waals surface area contributed by atoms with Gasteiger partial charge in [-0.3, -0.25) is 24.1 Å². The molecule has 0 unspecified atom stereocenters. The van der Waals surface area contributed by atoms with Crippen molar-refractivity contribution in [3.05, 3.63) is 76.3 Å². The highest BCUT2D eigenvalue weighted by atomic mass is 35.5. The first-order chi connectivity index (χ1) is 16.4. The van der Waals surface area contributed by atoms with E-state index in [0.29, 0.717) is 40.7 Å². The Morgan fingerprint density at radius 3 is 2.26 bits per heavy atom. The lowest BCUT2D eigenvalue weighted by Gasteiger charge is -2.27. The van der Waals surface area contributed by atoms with Crippen molar-refractivity contribution in [2.24, 2.45) is 0 Å². The molecule has 0 aromatic heterocycles. The van der Waals surface area contributed by atoms with Gasteiger partial charge in [0.1, 0.15) is 0 Å². The van der Waals surface area contributed by atoms with Crippen LogP contribution in [0.4, 0.5) is 5.69 Å². The van der Waals surface area contributed by atoms with Crippen molar-refractivity contribution >= 4 is 51.7 Å². The summed E-state index contributed by atoms with van der Waals surface area (Å²) in [7, 11) is 0. The Balaban J connectivity index is 1.35. The molecule has 1 aliphatic rings. The lowest BCUT2D eigenvalue weighted by Crippen LogP contribution is -2.41. The zero-order chi connectivity index (χ0) is 24.2. The Hall–Kier alpha value is -3.71. The van der Waals surface area contributed by atoms with E-state index in [1.54, 1.807) is 36.4 Å². The monoisotopic (exact) mass is 477 g/mol. The highest BCUT2D eigenvalue weighted by Gasteiger charge is 2.32. The number of nitrogens with zero attached hydrogens (tertiary/aromatic N) is 1. The Morgan fingerprint density at radius 2 is 1.65 bits per heavy atom. The standard InChI is InChI=1S/C26H24ClN3O4/c1-2-13-28-24(32)18-12-11-17(15-21(18)27)29-22(31)10-5-14-30-25(33)19-8-3-6-16-7-4-9-20(23(16)19)26(30)34/h3-4,6-9,11-12,15H,2,5,10,13-14H2,1H3,(H,28,32)(H,29,31). The first-order valence-corrected chi connectivity index (χ1v) is 11.5. The molecule has 3 aromatic rings. The first-order valence-electron chi connectivity index (χ1n) is 11.2. The molecule has 0 atom stereocenters. The van der Waals surface area contributed by atoms with Crippen LogP contribution in [0.2, 0.25) is 5.02 Å². The van der Waals surface area contributed by atoms with Gasteiger partial charge in [-0.2, -0.15) is 0 Å². The predicted octanol–water partition coefficient (Wildman–Crippen LogP) is 4.65. The van der Waals surface area contributed by atoms with Gasteiger partial charge in [-0.25, -0.2) is 0 Å². The van der Waals surface area contributed by atoms with E-state index in [2.05, 4.69) is 10.6 Å². The summed E-state index contributed by atoms with van der Waals surface area (Å²) in [4.78, 5) is 51.6. The number of nitrogens with one attached hydrogen (secondary N) is 2. The maximum Gasteiger partial charge on any atom is 0.261 e. The van der Waals surface area contributed by atoms with Crippen LogP contribution < -0.4 is 10.6 Å². The Morgan fingerprint density at radius 1 is 0.971 bits per heavy atom. The molecule has 0 spiro atoms. The largest absolute Gasteiger partial charge is 0.352 e. The van der Waals surface area contributed by atoms with Gasteiger partial charge in [0.2, 0.25) is 5.91 Å². The first kappa shape index (κ1) is 23.4. The molecular formula is C26H24ClN3O4. The minimum Gasteiger partial charge on any atom is -0.352 e. The second-order valence-corrected chi connectivity index (χ2v) is 8.48. The van der Waals surface area contributed by atoms with Crippen molar-refractivity contribution in [3.63, 3.8) is 0 Å². The zero-order valence-electron chi connectivity index (χ0n) is 18.7. The number of imide groups is 1. The van der Waals surface area contributed by atoms with E-state index < -0.39 is 0 Å². The fourth-order valence-corrected chi connectivity index (χ4v) is 4.28. The Labute approximate surface area is 202 Å². The molecule has 3 aromatic carbocycles. The molecule has 2 N–H and O–H groups in total. The molecule has 174 valence electrons. The summed E-state index contributed by atoms with van der Waals surface area (Å²) in [5.41, 5.74) is 1.79. The smallest absolute Gasteiger partial charge is 0.261 e. The summed E-state index contributed by atoms with van der Waals surface area (Å²) in [5.74, 6) is -1.24. The van der Waals surface area contributed by atoms with E-state index in [1.165, 1.54) is 11.0 Å². The highest BCUT2D eigenvalue weighted by molar-refractivity contribution is 6.34. The van der Waals surface area contributed by atoms with Gasteiger partial charge < -0.3 is 10.6 Å². The highest BCUT2D eigenvalue weighted by Crippen LogP contribution is 2.30. The van der Waals surface area contributed by atoms with Gasteiger partial charge in [-0.15, -0.1) is 0 Å². The Bertz CT molecular complexity index is 1250. The summed E-state index contributed by atoms with van der Waals surface area (Å²) in [6, 6.07) is 15.5. The summed E-state index contributed by atoms with van der Waals surface area (Å²) < 4.78 is 0. The number of rotatable bonds is 8. The summed E-state index contributed by atoms with van der Waals surface area (Å²) in [6.07, 6.45) is 1.24. The van der Waals surface area contributed by atoms with E-state index in [0.717, 1.165) is 11.8 Å². The van der Waals surface area contributed by atoms with Crippen LogP contribution in [-0.2, 0) is 4.79 Å². The van der Waals surface area contributed by atoms with Gasteiger partial charge in [0.25, 0.3) is 17.7 Å². The van der Waals surface area contributed by atoms with Crippen LogP contribution in [0.3, 0.4) is 0 Å². The van der Waals surface area contributed by atoms with E-state index in [4.69, 9.17) is 11.6 Å². The molecule has 8 heteroatoms. The van der Waals surface area contributed by atoms with E-state index in [-0.39, 0.29) is 41.6 Å². The fourth-order valence-electron chi connectivity index (χ4n) is 4.02. The molecular weight excluding hydrogens is 454 g/mol. The molecule has 34 heavy (non-hydrogen) atoms. The fraction of sp³-hybridized carbons (Fsp3) is 0.231. The van der Waals surface area contributed by atoms with Gasteiger partial charge in [0, 0.05) is 41.7 Å². The van der Waals surface area contributed by atoms with Crippen LogP contribution in [0.15, 0.2) is 54.6 Å². The normalized spacial score (nSPS) is 12.7. The molecule has 0 fully saturated rings. The average Bonchev–Trinajstić information content (AvgIpc) is 2.83. The molecule has 0 bridgehead atoms. The number of anilines is 1. The molecule has 4 amide bonds. The third kappa shape index (κ3) is 4.65. The molecule has 0 saturated carbocycles. The molecule has 0 radical (unpaired) electrons. The van der Waals surface area contributed by atoms with Crippen LogP contribution >= 0.6 is 11.6 Å². The van der Waals surface area contributed by atoms with Gasteiger partial charge in [-0.1, -0.05) is 42.8 Å². The van der Waals surface area contributed by atoms with Crippen molar-refractivity contribution in [3.8, 4) is 0 Å². The average molecular weight is 478 g/mol. The van der Waals surface area contributed by atoms with E-state index in [1.807, 2.05) is 19.1 Å². The van der Waals surface area contributed by atoms with E-state index in [9.17, 15) is 19.2 Å². The quantitative estimate of drug-likeness (QED) is 0.462. The van der Waals surface area contributed by atoms with Crippen LogP contribution in [0.25, 0.3) is 10.8 Å². The molecule has 0 aliphatic carbocycles. The number of halogens is 1. The number of benzene rings is 3. The van der Waals surface area contributed by atoms with Gasteiger partial charge >= 0.3 is 0 Å². The van der Waals surface area contributed by atoms with Crippen molar-refractivity contribution in [2.45, 2.75) is 26.2 Å². The molecule has 1 heterocycles. The SMILES string of the molecule is CCCNC(=O)c1ccc(NC(=O)CCCN2C(=O)c3cccc4cccc(c34)C2=O)cc1Cl. The lowest BCUT2D eigenvalue weighted by atomic mass is 9.94. The van der Waals surface area contributed by atoms with Gasteiger partial charge in [0.15, 0.2) is 0 Å². The minimum atomic E-state index is -0.349. The third-order valence-electron chi connectivity index (χ3n) is 5.67. The maximum absolute atomic E-state index is 12.9. The van der Waals surface area contributed by atoms with Crippen molar-refractivity contribution in [1.29, 1.82) is 0 Å². The second kappa shape index (κ2) is 10.1. The van der Waals surface area contributed by atoms with Crippen LogP contribution in [0.5, 0.6) is 0 Å². The summed E-state index contributed by atoms with van der Waals surface area (Å²) >= 11 is 6.21. The van der Waals surface area contributed by atoms with Crippen LogP contribution in [0.1, 0.15) is 57.3 Å². The maximum atomic E-state index is 12.9. The summed E-state index contributed by atoms with van der Waals surface area (Å²) in [5, 5.41) is 7.27. The number of carbonyl (C=O) groups excluding carboxylic acids is 4. The number of amides is 4. The van der Waals surface area contributed by atoms with Crippen molar-refractivity contribution in [1.82, 2.24) is 10.2 Å².